The number of guanidine groups is 1. The number of aromatic nitrogens is 1. The highest BCUT2D eigenvalue weighted by Crippen LogP contribution is 2.28. The van der Waals surface area contributed by atoms with Crippen molar-refractivity contribution in [1.29, 1.82) is 0 Å². The zero-order chi connectivity index (χ0) is 16.2. The molecule has 122 valence electrons. The highest BCUT2D eigenvalue weighted by Gasteiger charge is 2.33. The first-order chi connectivity index (χ1) is 11.2. The molecular weight excluding hydrogens is 288 g/mol. The third-order valence-corrected chi connectivity index (χ3v) is 4.04. The number of aliphatic imine (C=N–C) groups is 1. The van der Waals surface area contributed by atoms with E-state index in [-0.39, 0.29) is 0 Å². The quantitative estimate of drug-likeness (QED) is 0.658. The molecule has 1 aliphatic rings. The molecule has 5 nitrogen and oxygen atoms in total. The molecule has 2 N–H and O–H groups in total. The summed E-state index contributed by atoms with van der Waals surface area (Å²) in [4.78, 5) is 8.89. The highest BCUT2D eigenvalue weighted by atomic mass is 16.4. The molecule has 0 amide bonds. The Hall–Kier alpha value is -2.30. The number of aryl methyl sites for hydroxylation is 1. The molecule has 2 atom stereocenters. The van der Waals surface area contributed by atoms with Crippen LogP contribution in [0, 0.1) is 12.8 Å². The van der Waals surface area contributed by atoms with Crippen LogP contribution in [0.15, 0.2) is 39.9 Å². The van der Waals surface area contributed by atoms with E-state index in [1.807, 2.05) is 12.1 Å². The normalized spacial score (nSPS) is 20.4. The minimum Gasteiger partial charge on any atom is -0.439 e. The number of oxazole rings is 1. The average molecular weight is 312 g/mol. The molecule has 2 unspecified atom stereocenters. The number of nitrogens with zero attached hydrogens (tertiary/aromatic N) is 2. The van der Waals surface area contributed by atoms with Crippen LogP contribution in [0.3, 0.4) is 0 Å². The predicted molar refractivity (Wildman–Crippen MR) is 92.2 cm³/mol. The molecule has 5 heteroatoms. The third-order valence-electron chi connectivity index (χ3n) is 4.04. The van der Waals surface area contributed by atoms with Gasteiger partial charge in [0.15, 0.2) is 11.7 Å². The average Bonchev–Trinajstić information content (AvgIpc) is 3.04. The summed E-state index contributed by atoms with van der Waals surface area (Å²) in [5.41, 5.74) is 2.27. The minimum atomic E-state index is 0.433. The SMILES string of the molecule is CCNC(=NCc1ncc(-c2ccc(C)cc2)o1)NC1CC1C. The molecule has 2 aromatic rings. The van der Waals surface area contributed by atoms with E-state index in [1.165, 1.54) is 12.0 Å². The van der Waals surface area contributed by atoms with E-state index in [2.05, 4.69) is 53.5 Å². The number of hydrogen-bond acceptors (Lipinski definition) is 3. The molecule has 1 fully saturated rings. The van der Waals surface area contributed by atoms with Crippen molar-refractivity contribution in [2.45, 2.75) is 39.8 Å². The van der Waals surface area contributed by atoms with Crippen LogP contribution < -0.4 is 10.6 Å². The van der Waals surface area contributed by atoms with Crippen LogP contribution >= 0.6 is 0 Å². The van der Waals surface area contributed by atoms with Crippen LogP contribution in [-0.4, -0.2) is 23.5 Å². The van der Waals surface area contributed by atoms with E-state index in [0.29, 0.717) is 18.5 Å². The topological polar surface area (TPSA) is 62.5 Å². The van der Waals surface area contributed by atoms with Crippen LogP contribution in [0.25, 0.3) is 11.3 Å². The Morgan fingerprint density at radius 1 is 1.35 bits per heavy atom. The first kappa shape index (κ1) is 15.6. The lowest BCUT2D eigenvalue weighted by Crippen LogP contribution is -2.39. The van der Waals surface area contributed by atoms with E-state index in [0.717, 1.165) is 29.7 Å². The lowest BCUT2D eigenvalue weighted by atomic mass is 10.1. The fourth-order valence-electron chi connectivity index (χ4n) is 2.40. The molecular formula is C18H24N4O. The minimum absolute atomic E-state index is 0.433. The van der Waals surface area contributed by atoms with E-state index in [4.69, 9.17) is 4.42 Å². The third kappa shape index (κ3) is 4.12. The Labute approximate surface area is 137 Å². The number of nitrogens with one attached hydrogen (secondary N) is 2. The van der Waals surface area contributed by atoms with Crippen molar-refractivity contribution in [1.82, 2.24) is 15.6 Å². The summed E-state index contributed by atoms with van der Waals surface area (Å²) in [7, 11) is 0. The maximum absolute atomic E-state index is 5.81. The summed E-state index contributed by atoms with van der Waals surface area (Å²) in [6, 6.07) is 8.77. The largest absolute Gasteiger partial charge is 0.439 e. The molecule has 1 aliphatic carbocycles. The Kier molecular flexibility index (Phi) is 4.65. The Balaban J connectivity index is 1.65. The van der Waals surface area contributed by atoms with Crippen LogP contribution in [0.5, 0.6) is 0 Å². The summed E-state index contributed by atoms with van der Waals surface area (Å²) in [5, 5.41) is 6.68. The van der Waals surface area contributed by atoms with Crippen LogP contribution in [-0.2, 0) is 6.54 Å². The van der Waals surface area contributed by atoms with Gasteiger partial charge in [-0.3, -0.25) is 0 Å². The van der Waals surface area contributed by atoms with Crippen molar-refractivity contribution in [2.75, 3.05) is 6.54 Å². The zero-order valence-electron chi connectivity index (χ0n) is 14.0. The number of hydrogen-bond donors (Lipinski definition) is 2. The first-order valence-corrected chi connectivity index (χ1v) is 8.22. The second kappa shape index (κ2) is 6.86. The Morgan fingerprint density at radius 3 is 2.74 bits per heavy atom. The van der Waals surface area contributed by atoms with Crippen molar-refractivity contribution < 1.29 is 4.42 Å². The van der Waals surface area contributed by atoms with Gasteiger partial charge in [-0.15, -0.1) is 0 Å². The summed E-state index contributed by atoms with van der Waals surface area (Å²) >= 11 is 0. The lowest BCUT2D eigenvalue weighted by Gasteiger charge is -2.09. The van der Waals surface area contributed by atoms with Gasteiger partial charge in [-0.25, -0.2) is 9.98 Å². The molecule has 3 rings (SSSR count). The van der Waals surface area contributed by atoms with Crippen LogP contribution in [0.1, 0.15) is 31.7 Å². The summed E-state index contributed by atoms with van der Waals surface area (Å²) in [6.45, 7) is 7.65. The smallest absolute Gasteiger partial charge is 0.216 e. The fourth-order valence-corrected chi connectivity index (χ4v) is 2.40. The van der Waals surface area contributed by atoms with Gasteiger partial charge in [0.2, 0.25) is 5.89 Å². The lowest BCUT2D eigenvalue weighted by molar-refractivity contribution is 0.509. The molecule has 0 aliphatic heterocycles. The van der Waals surface area contributed by atoms with E-state index < -0.39 is 0 Å². The van der Waals surface area contributed by atoms with E-state index in [9.17, 15) is 0 Å². The van der Waals surface area contributed by atoms with Gasteiger partial charge in [0.1, 0.15) is 6.54 Å². The van der Waals surface area contributed by atoms with Gasteiger partial charge in [0, 0.05) is 18.2 Å². The molecule has 1 aromatic carbocycles. The molecule has 23 heavy (non-hydrogen) atoms. The molecule has 1 heterocycles. The monoisotopic (exact) mass is 312 g/mol. The van der Waals surface area contributed by atoms with Crippen molar-refractivity contribution in [3.63, 3.8) is 0 Å². The second-order valence-electron chi connectivity index (χ2n) is 6.14. The fraction of sp³-hybridized carbons (Fsp3) is 0.444. The van der Waals surface area contributed by atoms with Gasteiger partial charge >= 0.3 is 0 Å². The van der Waals surface area contributed by atoms with Crippen LogP contribution in [0.2, 0.25) is 0 Å². The van der Waals surface area contributed by atoms with Crippen molar-refractivity contribution >= 4 is 5.96 Å². The van der Waals surface area contributed by atoms with Crippen molar-refractivity contribution in [2.24, 2.45) is 10.9 Å². The van der Waals surface area contributed by atoms with Gasteiger partial charge in [-0.1, -0.05) is 36.8 Å². The summed E-state index contributed by atoms with van der Waals surface area (Å²) < 4.78 is 5.81. The van der Waals surface area contributed by atoms with E-state index >= 15 is 0 Å². The predicted octanol–water partition coefficient (Wildman–Crippen LogP) is 3.11. The van der Waals surface area contributed by atoms with Crippen molar-refractivity contribution in [3.8, 4) is 11.3 Å². The van der Waals surface area contributed by atoms with Crippen LogP contribution in [0.4, 0.5) is 0 Å². The van der Waals surface area contributed by atoms with Gasteiger partial charge in [-0.05, 0) is 26.2 Å². The molecule has 1 aromatic heterocycles. The van der Waals surface area contributed by atoms with Gasteiger partial charge in [0.25, 0.3) is 0 Å². The van der Waals surface area contributed by atoms with E-state index in [1.54, 1.807) is 6.20 Å². The van der Waals surface area contributed by atoms with Crippen molar-refractivity contribution in [3.05, 3.63) is 41.9 Å². The standard InChI is InChI=1S/C18H24N4O/c1-4-19-18(22-15-9-13(15)3)21-11-17-20-10-16(23-17)14-7-5-12(2)6-8-14/h5-8,10,13,15H,4,9,11H2,1-3H3,(H2,19,21,22). The Bertz CT molecular complexity index is 675. The molecule has 1 saturated carbocycles. The number of rotatable bonds is 5. The summed E-state index contributed by atoms with van der Waals surface area (Å²) in [5.74, 6) is 2.97. The molecule has 0 saturated heterocycles. The Morgan fingerprint density at radius 2 is 2.09 bits per heavy atom. The molecule has 0 radical (unpaired) electrons. The maximum Gasteiger partial charge on any atom is 0.216 e. The molecule has 0 spiro atoms. The zero-order valence-corrected chi connectivity index (χ0v) is 14.0. The first-order valence-electron chi connectivity index (χ1n) is 8.22. The maximum atomic E-state index is 5.81. The second-order valence-corrected chi connectivity index (χ2v) is 6.14. The van der Waals surface area contributed by atoms with Gasteiger partial charge < -0.3 is 15.1 Å². The summed E-state index contributed by atoms with van der Waals surface area (Å²) in [6.07, 6.45) is 2.97. The molecule has 0 bridgehead atoms. The van der Waals surface area contributed by atoms with Gasteiger partial charge in [0.05, 0.1) is 6.20 Å². The number of benzene rings is 1. The highest BCUT2D eigenvalue weighted by molar-refractivity contribution is 5.80. The van der Waals surface area contributed by atoms with Gasteiger partial charge in [-0.2, -0.15) is 0 Å².